The number of non-ortho nitro benzene ring substituents is 1. The minimum Gasteiger partial charge on any atom is -0.496 e. The Morgan fingerprint density at radius 3 is 2.54 bits per heavy atom. The first-order valence-corrected chi connectivity index (χ1v) is 7.91. The van der Waals surface area contributed by atoms with Gasteiger partial charge < -0.3 is 10.5 Å². The molecule has 0 radical (unpaired) electrons. The van der Waals surface area contributed by atoms with E-state index in [0.29, 0.717) is 18.8 Å². The van der Waals surface area contributed by atoms with Crippen molar-refractivity contribution in [2.45, 2.75) is 13.0 Å². The third kappa shape index (κ3) is 5.04. The highest BCUT2D eigenvalue weighted by Gasteiger charge is 2.14. The number of rotatable bonds is 9. The van der Waals surface area contributed by atoms with Gasteiger partial charge in [-0.05, 0) is 18.1 Å². The largest absolute Gasteiger partial charge is 0.496 e. The molecule has 6 heteroatoms. The van der Waals surface area contributed by atoms with Gasteiger partial charge in [0.25, 0.3) is 5.69 Å². The molecule has 0 heterocycles. The van der Waals surface area contributed by atoms with Crippen LogP contribution in [0.5, 0.6) is 5.75 Å². The first kappa shape index (κ1) is 17.9. The van der Waals surface area contributed by atoms with E-state index >= 15 is 0 Å². The monoisotopic (exact) mass is 329 g/mol. The number of hydrogen-bond acceptors (Lipinski definition) is 5. The van der Waals surface area contributed by atoms with Crippen molar-refractivity contribution in [3.8, 4) is 5.75 Å². The second-order valence-corrected chi connectivity index (χ2v) is 5.55. The third-order valence-electron chi connectivity index (χ3n) is 3.87. The number of ether oxygens (including phenoxy) is 1. The molecule has 0 saturated heterocycles. The molecule has 0 fully saturated rings. The van der Waals surface area contributed by atoms with Gasteiger partial charge in [0, 0.05) is 43.9 Å². The summed E-state index contributed by atoms with van der Waals surface area (Å²) >= 11 is 0. The summed E-state index contributed by atoms with van der Waals surface area (Å²) in [6, 6.07) is 14.9. The smallest absolute Gasteiger partial charge is 0.270 e. The molecule has 0 aromatic heterocycles. The highest BCUT2D eigenvalue weighted by Crippen LogP contribution is 2.25. The second kappa shape index (κ2) is 9.00. The Bertz CT molecular complexity index is 662. The van der Waals surface area contributed by atoms with E-state index in [1.54, 1.807) is 19.2 Å². The summed E-state index contributed by atoms with van der Waals surface area (Å²) in [6.07, 6.45) is 0.901. The lowest BCUT2D eigenvalue weighted by Gasteiger charge is -2.22. The number of nitro benzene ring substituents is 1. The van der Waals surface area contributed by atoms with Gasteiger partial charge >= 0.3 is 0 Å². The Hall–Kier alpha value is -2.44. The van der Waals surface area contributed by atoms with Crippen molar-refractivity contribution in [3.63, 3.8) is 0 Å². The van der Waals surface area contributed by atoms with Crippen molar-refractivity contribution in [1.82, 2.24) is 4.90 Å². The van der Waals surface area contributed by atoms with Gasteiger partial charge in [-0.2, -0.15) is 0 Å². The fourth-order valence-electron chi connectivity index (χ4n) is 2.63. The minimum atomic E-state index is -0.389. The zero-order chi connectivity index (χ0) is 17.4. The lowest BCUT2D eigenvalue weighted by Crippen LogP contribution is -2.31. The van der Waals surface area contributed by atoms with Gasteiger partial charge in [0.2, 0.25) is 0 Å². The van der Waals surface area contributed by atoms with Gasteiger partial charge in [0.05, 0.1) is 12.0 Å². The summed E-state index contributed by atoms with van der Waals surface area (Å²) in [4.78, 5) is 12.8. The molecular formula is C18H23N3O3. The number of hydrogen-bond donors (Lipinski definition) is 1. The van der Waals surface area contributed by atoms with E-state index in [4.69, 9.17) is 10.5 Å². The van der Waals surface area contributed by atoms with Crippen LogP contribution >= 0.6 is 0 Å². The highest BCUT2D eigenvalue weighted by molar-refractivity contribution is 5.43. The summed E-state index contributed by atoms with van der Waals surface area (Å²) < 4.78 is 5.34. The Kier molecular flexibility index (Phi) is 6.72. The van der Waals surface area contributed by atoms with Crippen LogP contribution in [0.1, 0.15) is 11.1 Å². The summed E-state index contributed by atoms with van der Waals surface area (Å²) in [6.45, 7) is 2.65. The topological polar surface area (TPSA) is 81.6 Å². The first-order chi connectivity index (χ1) is 11.6. The van der Waals surface area contributed by atoms with E-state index in [0.717, 1.165) is 25.1 Å². The standard InChI is InChI=1S/C18H23N3O3/c1-24-18-8-7-17(21(22)23)13-16(18)14-20(12-10-19)11-9-15-5-3-2-4-6-15/h2-8,13H,9-12,14,19H2,1H3. The summed E-state index contributed by atoms with van der Waals surface area (Å²) in [5.74, 6) is 0.655. The van der Waals surface area contributed by atoms with Crippen LogP contribution < -0.4 is 10.5 Å². The van der Waals surface area contributed by atoms with Gasteiger partial charge in [-0.1, -0.05) is 30.3 Å². The number of benzene rings is 2. The SMILES string of the molecule is COc1ccc([N+](=O)[O-])cc1CN(CCN)CCc1ccccc1. The molecule has 0 spiro atoms. The minimum absolute atomic E-state index is 0.0709. The van der Waals surface area contributed by atoms with Crippen LogP contribution in [0.15, 0.2) is 48.5 Å². The molecule has 0 saturated carbocycles. The second-order valence-electron chi connectivity index (χ2n) is 5.55. The Morgan fingerprint density at radius 1 is 1.17 bits per heavy atom. The molecule has 0 aliphatic rings. The van der Waals surface area contributed by atoms with E-state index < -0.39 is 0 Å². The number of nitro groups is 1. The molecule has 2 aromatic rings. The quantitative estimate of drug-likeness (QED) is 0.565. The molecule has 128 valence electrons. The zero-order valence-electron chi connectivity index (χ0n) is 13.9. The maximum atomic E-state index is 11.0. The fourth-order valence-corrected chi connectivity index (χ4v) is 2.63. The van der Waals surface area contributed by atoms with Crippen LogP contribution in [0.25, 0.3) is 0 Å². The van der Waals surface area contributed by atoms with Crippen LogP contribution in [0.2, 0.25) is 0 Å². The van der Waals surface area contributed by atoms with E-state index in [-0.39, 0.29) is 10.6 Å². The highest BCUT2D eigenvalue weighted by atomic mass is 16.6. The molecular weight excluding hydrogens is 306 g/mol. The predicted molar refractivity (Wildman–Crippen MR) is 94.1 cm³/mol. The van der Waals surface area contributed by atoms with Gasteiger partial charge in [-0.25, -0.2) is 0 Å². The molecule has 6 nitrogen and oxygen atoms in total. The molecule has 0 bridgehead atoms. The lowest BCUT2D eigenvalue weighted by atomic mass is 10.1. The van der Waals surface area contributed by atoms with Crippen LogP contribution in [0.4, 0.5) is 5.69 Å². The Morgan fingerprint density at radius 2 is 1.92 bits per heavy atom. The molecule has 2 rings (SSSR count). The predicted octanol–water partition coefficient (Wildman–Crippen LogP) is 2.61. The molecule has 24 heavy (non-hydrogen) atoms. The van der Waals surface area contributed by atoms with E-state index in [9.17, 15) is 10.1 Å². The van der Waals surface area contributed by atoms with Crippen LogP contribution in [0, 0.1) is 10.1 Å². The van der Waals surface area contributed by atoms with Crippen molar-refractivity contribution in [1.29, 1.82) is 0 Å². The summed E-state index contributed by atoms with van der Waals surface area (Å²) in [5, 5.41) is 11.0. The molecule has 0 amide bonds. The third-order valence-corrected chi connectivity index (χ3v) is 3.87. The zero-order valence-corrected chi connectivity index (χ0v) is 13.9. The molecule has 0 aliphatic heterocycles. The fraction of sp³-hybridized carbons (Fsp3) is 0.333. The van der Waals surface area contributed by atoms with Gasteiger partial charge in [-0.3, -0.25) is 15.0 Å². The van der Waals surface area contributed by atoms with Crippen LogP contribution in [-0.2, 0) is 13.0 Å². The van der Waals surface area contributed by atoms with Crippen molar-refractivity contribution >= 4 is 5.69 Å². The van der Waals surface area contributed by atoms with Crippen LogP contribution in [0.3, 0.4) is 0 Å². The van der Waals surface area contributed by atoms with Gasteiger partial charge in [-0.15, -0.1) is 0 Å². The molecule has 0 unspecified atom stereocenters. The van der Waals surface area contributed by atoms with Crippen molar-refractivity contribution in [3.05, 3.63) is 69.8 Å². The first-order valence-electron chi connectivity index (χ1n) is 7.91. The van der Waals surface area contributed by atoms with Crippen LogP contribution in [-0.4, -0.2) is 36.6 Å². The van der Waals surface area contributed by atoms with Crippen molar-refractivity contribution < 1.29 is 9.66 Å². The van der Waals surface area contributed by atoms with E-state index in [1.165, 1.54) is 11.6 Å². The number of nitrogens with two attached hydrogens (primary N) is 1. The molecule has 0 atom stereocenters. The van der Waals surface area contributed by atoms with E-state index in [1.807, 2.05) is 18.2 Å². The number of methoxy groups -OCH3 is 1. The lowest BCUT2D eigenvalue weighted by molar-refractivity contribution is -0.384. The molecule has 2 aromatic carbocycles. The number of nitrogens with zero attached hydrogens (tertiary/aromatic N) is 2. The Labute approximate surface area is 142 Å². The summed E-state index contributed by atoms with van der Waals surface area (Å²) in [5.41, 5.74) is 7.84. The average molecular weight is 329 g/mol. The normalized spacial score (nSPS) is 10.8. The average Bonchev–Trinajstić information content (AvgIpc) is 2.60. The molecule has 2 N–H and O–H groups in total. The molecule has 0 aliphatic carbocycles. The van der Waals surface area contributed by atoms with Crippen molar-refractivity contribution in [2.75, 3.05) is 26.7 Å². The summed E-state index contributed by atoms with van der Waals surface area (Å²) in [7, 11) is 1.57. The van der Waals surface area contributed by atoms with Gasteiger partial charge in [0.1, 0.15) is 5.75 Å². The maximum Gasteiger partial charge on any atom is 0.270 e. The van der Waals surface area contributed by atoms with Gasteiger partial charge in [0.15, 0.2) is 0 Å². The van der Waals surface area contributed by atoms with E-state index in [2.05, 4.69) is 17.0 Å². The van der Waals surface area contributed by atoms with Crippen molar-refractivity contribution in [2.24, 2.45) is 5.73 Å². The maximum absolute atomic E-state index is 11.0. The Balaban J connectivity index is 2.11.